The van der Waals surface area contributed by atoms with E-state index in [0.29, 0.717) is 26.9 Å². The number of benzene rings is 2. The second kappa shape index (κ2) is 10.1. The van der Waals surface area contributed by atoms with Crippen LogP contribution in [0.2, 0.25) is 10.0 Å². The van der Waals surface area contributed by atoms with Crippen LogP contribution in [0, 0.1) is 0 Å². The van der Waals surface area contributed by atoms with Gasteiger partial charge >= 0.3 is 5.97 Å². The number of thioether (sulfide) groups is 1. The molecule has 31 heavy (non-hydrogen) atoms. The van der Waals surface area contributed by atoms with E-state index in [1.807, 2.05) is 0 Å². The summed E-state index contributed by atoms with van der Waals surface area (Å²) >= 11 is 12.9. The van der Waals surface area contributed by atoms with E-state index in [4.69, 9.17) is 32.7 Å². The molecule has 0 saturated carbocycles. The average molecular weight is 482 g/mol. The molecule has 1 heterocycles. The Labute approximate surface area is 192 Å². The Kier molecular flexibility index (Phi) is 7.48. The standard InChI is InChI=1S/C21H17Cl2NO6S/c1-28-16-5-3-4-12(19(16)30-11-18(25)29-2)8-17-20(26)24(21(27)31-17)10-13-6-7-14(22)9-15(13)23/h3-9H,10-11H2,1-2H3/b17-8+. The van der Waals surface area contributed by atoms with Crippen LogP contribution in [0.5, 0.6) is 11.5 Å². The van der Waals surface area contributed by atoms with Crippen LogP contribution in [0.25, 0.3) is 6.08 Å². The summed E-state index contributed by atoms with van der Waals surface area (Å²) in [5.74, 6) is -0.424. The molecule has 0 N–H and O–H groups in total. The Morgan fingerprint density at radius 1 is 1.16 bits per heavy atom. The summed E-state index contributed by atoms with van der Waals surface area (Å²) < 4.78 is 15.4. The number of para-hydroxylation sites is 1. The van der Waals surface area contributed by atoms with Crippen molar-refractivity contribution in [3.8, 4) is 11.5 Å². The summed E-state index contributed by atoms with van der Waals surface area (Å²) in [4.78, 5) is 38.1. The fraction of sp³-hybridized carbons (Fsp3) is 0.190. The van der Waals surface area contributed by atoms with Crippen LogP contribution in [0.15, 0.2) is 41.3 Å². The molecule has 2 aromatic carbocycles. The Balaban J connectivity index is 1.88. The number of hydrogen-bond donors (Lipinski definition) is 0. The molecule has 0 atom stereocenters. The molecule has 3 rings (SSSR count). The summed E-state index contributed by atoms with van der Waals surface area (Å²) in [6, 6.07) is 9.89. The lowest BCUT2D eigenvalue weighted by Gasteiger charge is -2.14. The molecule has 0 unspecified atom stereocenters. The van der Waals surface area contributed by atoms with Gasteiger partial charge in [0.1, 0.15) is 0 Å². The van der Waals surface area contributed by atoms with Crippen molar-refractivity contribution in [2.45, 2.75) is 6.54 Å². The topological polar surface area (TPSA) is 82.1 Å². The maximum Gasteiger partial charge on any atom is 0.343 e. The summed E-state index contributed by atoms with van der Waals surface area (Å²) in [5, 5.41) is 0.393. The monoisotopic (exact) mass is 481 g/mol. The van der Waals surface area contributed by atoms with Crippen LogP contribution in [0.4, 0.5) is 4.79 Å². The SMILES string of the molecule is COC(=O)COc1c(/C=C2/SC(=O)N(Cc3ccc(Cl)cc3Cl)C2=O)cccc1OC. The number of imide groups is 1. The minimum atomic E-state index is -0.572. The van der Waals surface area contributed by atoms with E-state index in [9.17, 15) is 14.4 Å². The summed E-state index contributed by atoms with van der Waals surface area (Å²) in [7, 11) is 2.70. The van der Waals surface area contributed by atoms with E-state index in [0.717, 1.165) is 16.7 Å². The largest absolute Gasteiger partial charge is 0.493 e. The average Bonchev–Trinajstić information content (AvgIpc) is 3.01. The third kappa shape index (κ3) is 5.33. The predicted octanol–water partition coefficient (Wildman–Crippen LogP) is 4.79. The first-order valence-electron chi connectivity index (χ1n) is 8.90. The molecule has 2 amide bonds. The van der Waals surface area contributed by atoms with Gasteiger partial charge in [-0.3, -0.25) is 14.5 Å². The van der Waals surface area contributed by atoms with Gasteiger partial charge in [-0.25, -0.2) is 4.79 Å². The van der Waals surface area contributed by atoms with Crippen molar-refractivity contribution < 1.29 is 28.6 Å². The fourth-order valence-electron chi connectivity index (χ4n) is 2.75. The van der Waals surface area contributed by atoms with Crippen molar-refractivity contribution in [1.82, 2.24) is 4.90 Å². The van der Waals surface area contributed by atoms with E-state index in [1.54, 1.807) is 36.4 Å². The molecule has 10 heteroatoms. The number of esters is 1. The zero-order chi connectivity index (χ0) is 22.5. The fourth-order valence-corrected chi connectivity index (χ4v) is 4.05. The Morgan fingerprint density at radius 3 is 2.61 bits per heavy atom. The molecule has 7 nitrogen and oxygen atoms in total. The number of hydrogen-bond acceptors (Lipinski definition) is 7. The number of halogens is 2. The second-order valence-electron chi connectivity index (χ2n) is 6.25. The molecule has 0 aliphatic carbocycles. The van der Waals surface area contributed by atoms with E-state index < -0.39 is 17.1 Å². The number of ether oxygens (including phenoxy) is 3. The Hall–Kier alpha value is -2.68. The third-order valence-corrected chi connectivity index (χ3v) is 5.79. The van der Waals surface area contributed by atoms with Crippen LogP contribution < -0.4 is 9.47 Å². The second-order valence-corrected chi connectivity index (χ2v) is 8.08. The maximum absolute atomic E-state index is 12.9. The zero-order valence-corrected chi connectivity index (χ0v) is 18.8. The Bertz CT molecular complexity index is 1070. The number of nitrogens with zero attached hydrogens (tertiary/aromatic N) is 1. The lowest BCUT2D eigenvalue weighted by atomic mass is 10.1. The van der Waals surface area contributed by atoms with Gasteiger partial charge in [-0.1, -0.05) is 41.4 Å². The smallest absolute Gasteiger partial charge is 0.343 e. The quantitative estimate of drug-likeness (QED) is 0.415. The van der Waals surface area contributed by atoms with Crippen LogP contribution >= 0.6 is 35.0 Å². The van der Waals surface area contributed by atoms with Crippen LogP contribution in [0.3, 0.4) is 0 Å². The molecular formula is C21H17Cl2NO6S. The molecule has 1 saturated heterocycles. The van der Waals surface area contributed by atoms with Crippen LogP contribution in [0.1, 0.15) is 11.1 Å². The molecule has 0 radical (unpaired) electrons. The summed E-state index contributed by atoms with van der Waals surface area (Å²) in [6.45, 7) is -0.323. The van der Waals surface area contributed by atoms with Gasteiger partial charge < -0.3 is 14.2 Å². The van der Waals surface area contributed by atoms with Gasteiger partial charge in [0.05, 0.1) is 25.7 Å². The normalized spacial score (nSPS) is 14.8. The maximum atomic E-state index is 12.9. The minimum absolute atomic E-state index is 0.0157. The van der Waals surface area contributed by atoms with Crippen molar-refractivity contribution in [2.24, 2.45) is 0 Å². The van der Waals surface area contributed by atoms with Crippen molar-refractivity contribution in [2.75, 3.05) is 20.8 Å². The molecule has 1 fully saturated rings. The van der Waals surface area contributed by atoms with Crippen LogP contribution in [-0.2, 0) is 20.9 Å². The first-order valence-corrected chi connectivity index (χ1v) is 10.5. The van der Waals surface area contributed by atoms with Gasteiger partial charge in [0.2, 0.25) is 0 Å². The highest BCUT2D eigenvalue weighted by Crippen LogP contribution is 2.38. The van der Waals surface area contributed by atoms with E-state index >= 15 is 0 Å². The van der Waals surface area contributed by atoms with Crippen molar-refractivity contribution >= 4 is 58.2 Å². The van der Waals surface area contributed by atoms with Gasteiger partial charge in [0, 0.05) is 15.6 Å². The lowest BCUT2D eigenvalue weighted by Crippen LogP contribution is -2.27. The lowest BCUT2D eigenvalue weighted by molar-refractivity contribution is -0.143. The summed E-state index contributed by atoms with van der Waals surface area (Å²) in [6.07, 6.45) is 1.52. The van der Waals surface area contributed by atoms with Crippen molar-refractivity contribution in [1.29, 1.82) is 0 Å². The van der Waals surface area contributed by atoms with Gasteiger partial charge in [-0.05, 0) is 41.6 Å². The minimum Gasteiger partial charge on any atom is -0.493 e. The van der Waals surface area contributed by atoms with Crippen LogP contribution in [-0.4, -0.2) is 42.8 Å². The molecule has 0 bridgehead atoms. The number of carbonyl (C=O) groups excluding carboxylic acids is 3. The molecule has 1 aliphatic heterocycles. The van der Waals surface area contributed by atoms with Crippen molar-refractivity contribution in [3.05, 3.63) is 62.5 Å². The van der Waals surface area contributed by atoms with E-state index in [1.165, 1.54) is 20.3 Å². The first-order chi connectivity index (χ1) is 14.8. The molecule has 1 aliphatic rings. The first kappa shape index (κ1) is 23.0. The van der Waals surface area contributed by atoms with Gasteiger partial charge in [0.25, 0.3) is 11.1 Å². The Morgan fingerprint density at radius 2 is 1.94 bits per heavy atom. The molecule has 162 valence electrons. The van der Waals surface area contributed by atoms with Crippen molar-refractivity contribution in [3.63, 3.8) is 0 Å². The van der Waals surface area contributed by atoms with E-state index in [2.05, 4.69) is 4.74 Å². The number of amides is 2. The highest BCUT2D eigenvalue weighted by Gasteiger charge is 2.35. The summed E-state index contributed by atoms with van der Waals surface area (Å²) in [5.41, 5.74) is 1.07. The van der Waals surface area contributed by atoms with Gasteiger partial charge in [-0.15, -0.1) is 0 Å². The van der Waals surface area contributed by atoms with Gasteiger partial charge in [-0.2, -0.15) is 0 Å². The van der Waals surface area contributed by atoms with E-state index in [-0.39, 0.29) is 23.8 Å². The highest BCUT2D eigenvalue weighted by molar-refractivity contribution is 8.18. The predicted molar refractivity (Wildman–Crippen MR) is 118 cm³/mol. The third-order valence-electron chi connectivity index (χ3n) is 4.30. The number of carbonyl (C=O) groups is 3. The number of methoxy groups -OCH3 is 2. The zero-order valence-electron chi connectivity index (χ0n) is 16.5. The number of rotatable bonds is 7. The molecule has 0 spiro atoms. The highest BCUT2D eigenvalue weighted by atomic mass is 35.5. The molecule has 0 aromatic heterocycles. The molecular weight excluding hydrogens is 465 g/mol. The molecule has 2 aromatic rings. The van der Waals surface area contributed by atoms with Gasteiger partial charge in [0.15, 0.2) is 18.1 Å².